The predicted octanol–water partition coefficient (Wildman–Crippen LogP) is -0.224. The lowest BCUT2D eigenvalue weighted by Gasteiger charge is -2.12. The summed E-state index contributed by atoms with van der Waals surface area (Å²) in [4.78, 5) is 0. The Labute approximate surface area is 88.6 Å². The van der Waals surface area contributed by atoms with Gasteiger partial charge in [-0.3, -0.25) is 4.68 Å². The van der Waals surface area contributed by atoms with Gasteiger partial charge in [-0.1, -0.05) is 6.92 Å². The molecular weight excluding hydrogens is 216 g/mol. The van der Waals surface area contributed by atoms with E-state index in [1.807, 2.05) is 6.92 Å². The van der Waals surface area contributed by atoms with Crippen molar-refractivity contribution in [2.75, 3.05) is 11.5 Å². The van der Waals surface area contributed by atoms with Crippen LogP contribution < -0.4 is 0 Å². The van der Waals surface area contributed by atoms with Gasteiger partial charge in [-0.2, -0.15) is 5.10 Å². The number of aliphatic hydroxyl groups excluding tert-OH is 1. The third-order valence-electron chi connectivity index (χ3n) is 2.70. The van der Waals surface area contributed by atoms with E-state index in [-0.39, 0.29) is 11.5 Å². The lowest BCUT2D eigenvalue weighted by atomic mass is 10.2. The Bertz CT molecular complexity index is 452. The summed E-state index contributed by atoms with van der Waals surface area (Å²) < 4.78 is 24.2. The van der Waals surface area contributed by atoms with E-state index in [2.05, 4.69) is 5.10 Å². The molecule has 0 bridgehead atoms. The Morgan fingerprint density at radius 1 is 1.60 bits per heavy atom. The van der Waals surface area contributed by atoms with Gasteiger partial charge >= 0.3 is 0 Å². The highest BCUT2D eigenvalue weighted by atomic mass is 32.2. The lowest BCUT2D eigenvalue weighted by Crippen LogP contribution is -2.22. The van der Waals surface area contributed by atoms with Crippen LogP contribution in [0.4, 0.5) is 0 Å². The van der Waals surface area contributed by atoms with Crippen LogP contribution in [0.1, 0.15) is 18.5 Å². The highest BCUT2D eigenvalue weighted by Crippen LogP contribution is 2.23. The minimum absolute atomic E-state index is 0.0149. The van der Waals surface area contributed by atoms with Crippen molar-refractivity contribution in [2.45, 2.75) is 25.5 Å². The van der Waals surface area contributed by atoms with Crippen molar-refractivity contribution in [2.24, 2.45) is 0 Å². The van der Waals surface area contributed by atoms with E-state index in [1.54, 1.807) is 17.1 Å². The number of aromatic nitrogens is 2. The third kappa shape index (κ3) is 2.05. The maximum Gasteiger partial charge on any atom is 0.155 e. The molecule has 1 aromatic heterocycles. The van der Waals surface area contributed by atoms with E-state index in [1.165, 1.54) is 0 Å². The highest BCUT2D eigenvalue weighted by molar-refractivity contribution is 7.91. The first-order valence-corrected chi connectivity index (χ1v) is 6.75. The number of hydrogen-bond donors (Lipinski definition) is 1. The molecule has 5 nitrogen and oxygen atoms in total. The van der Waals surface area contributed by atoms with Crippen molar-refractivity contribution in [1.29, 1.82) is 0 Å². The fourth-order valence-corrected chi connectivity index (χ4v) is 3.58. The number of rotatable bonds is 2. The molecule has 0 amide bonds. The molecule has 0 spiro atoms. The molecule has 6 heteroatoms. The summed E-state index contributed by atoms with van der Waals surface area (Å²) in [6.07, 6.45) is 3.53. The molecule has 1 aromatic rings. The summed E-state index contributed by atoms with van der Waals surface area (Å²) in [7, 11) is -3.10. The summed E-state index contributed by atoms with van der Waals surface area (Å²) in [6.45, 7) is 2.00. The predicted molar refractivity (Wildman–Crippen MR) is 55.3 cm³/mol. The van der Waals surface area contributed by atoms with Crippen molar-refractivity contribution >= 4 is 9.84 Å². The van der Waals surface area contributed by atoms with Gasteiger partial charge in [0.05, 0.1) is 29.8 Å². The Hall–Kier alpha value is -0.880. The smallest absolute Gasteiger partial charge is 0.155 e. The van der Waals surface area contributed by atoms with E-state index in [9.17, 15) is 13.5 Å². The van der Waals surface area contributed by atoms with E-state index in [4.69, 9.17) is 0 Å². The van der Waals surface area contributed by atoms with Crippen molar-refractivity contribution in [3.8, 4) is 0 Å². The van der Waals surface area contributed by atoms with Gasteiger partial charge < -0.3 is 5.11 Å². The first kappa shape index (κ1) is 10.6. The zero-order valence-electron chi connectivity index (χ0n) is 8.50. The van der Waals surface area contributed by atoms with Crippen LogP contribution in [-0.4, -0.2) is 40.9 Å². The lowest BCUT2D eigenvalue weighted by molar-refractivity contribution is 0.146. The molecule has 84 valence electrons. The first-order valence-electron chi connectivity index (χ1n) is 4.93. The molecule has 1 aliphatic rings. The molecule has 1 N–H and O–H groups in total. The molecule has 2 atom stereocenters. The minimum atomic E-state index is -3.10. The number of nitrogens with zero attached hydrogens (tertiary/aromatic N) is 2. The number of hydrogen-bond acceptors (Lipinski definition) is 4. The second kappa shape index (κ2) is 3.61. The number of aryl methyl sites for hydroxylation is 1. The van der Waals surface area contributed by atoms with Crippen molar-refractivity contribution in [1.82, 2.24) is 9.78 Å². The van der Waals surface area contributed by atoms with Gasteiger partial charge in [0.1, 0.15) is 0 Å². The Morgan fingerprint density at radius 2 is 2.33 bits per heavy atom. The van der Waals surface area contributed by atoms with Gasteiger partial charge in [0.15, 0.2) is 9.84 Å². The molecule has 0 aliphatic carbocycles. The van der Waals surface area contributed by atoms with E-state index >= 15 is 0 Å². The largest absolute Gasteiger partial charge is 0.390 e. The van der Waals surface area contributed by atoms with Crippen LogP contribution in [0.25, 0.3) is 0 Å². The zero-order chi connectivity index (χ0) is 11.1. The highest BCUT2D eigenvalue weighted by Gasteiger charge is 2.37. The molecule has 2 rings (SSSR count). The molecule has 15 heavy (non-hydrogen) atoms. The second-order valence-electron chi connectivity index (χ2n) is 3.89. The number of aliphatic hydroxyl groups is 1. The third-order valence-corrected chi connectivity index (χ3v) is 4.40. The summed E-state index contributed by atoms with van der Waals surface area (Å²) in [5.74, 6) is -0.169. The zero-order valence-corrected chi connectivity index (χ0v) is 9.31. The SMILES string of the molecule is CCc1cnn(C2CS(=O)(=O)C[C@H]2O)c1. The Balaban J connectivity index is 2.25. The van der Waals surface area contributed by atoms with Gasteiger partial charge in [-0.15, -0.1) is 0 Å². The minimum Gasteiger partial charge on any atom is -0.390 e. The van der Waals surface area contributed by atoms with Crippen LogP contribution >= 0.6 is 0 Å². The molecule has 0 saturated carbocycles. The molecule has 1 saturated heterocycles. The second-order valence-corrected chi connectivity index (χ2v) is 6.05. The average Bonchev–Trinajstić information content (AvgIpc) is 2.69. The van der Waals surface area contributed by atoms with Gasteiger partial charge in [-0.05, 0) is 12.0 Å². The number of sulfone groups is 1. The van der Waals surface area contributed by atoms with Gasteiger partial charge in [0, 0.05) is 6.20 Å². The Kier molecular flexibility index (Phi) is 2.56. The average molecular weight is 230 g/mol. The van der Waals surface area contributed by atoms with Gasteiger partial charge in [-0.25, -0.2) is 8.42 Å². The molecule has 2 heterocycles. The van der Waals surface area contributed by atoms with E-state index in [0.717, 1.165) is 12.0 Å². The summed E-state index contributed by atoms with van der Waals surface area (Å²) in [5, 5.41) is 13.7. The summed E-state index contributed by atoms with van der Waals surface area (Å²) in [5.41, 5.74) is 1.05. The standard InChI is InChI=1S/C9H14N2O3S/c1-2-7-3-10-11(4-7)8-5-15(13,14)6-9(8)12/h3-4,8-9,12H,2,5-6H2,1H3/t8?,9-/m1/s1. The van der Waals surface area contributed by atoms with Crippen LogP contribution in [0.2, 0.25) is 0 Å². The molecule has 1 aliphatic heterocycles. The van der Waals surface area contributed by atoms with Crippen LogP contribution in [0.3, 0.4) is 0 Å². The monoisotopic (exact) mass is 230 g/mol. The van der Waals surface area contributed by atoms with Crippen molar-refractivity contribution in [3.05, 3.63) is 18.0 Å². The van der Waals surface area contributed by atoms with Gasteiger partial charge in [0.25, 0.3) is 0 Å². The quantitative estimate of drug-likeness (QED) is 0.762. The van der Waals surface area contributed by atoms with Crippen molar-refractivity contribution in [3.63, 3.8) is 0 Å². The molecular formula is C9H14N2O3S. The summed E-state index contributed by atoms with van der Waals surface area (Å²) >= 11 is 0. The van der Waals surface area contributed by atoms with E-state index < -0.39 is 22.0 Å². The Morgan fingerprint density at radius 3 is 2.80 bits per heavy atom. The fourth-order valence-electron chi connectivity index (χ4n) is 1.80. The molecule has 1 fully saturated rings. The molecule has 0 aromatic carbocycles. The molecule has 0 radical (unpaired) electrons. The van der Waals surface area contributed by atoms with Crippen LogP contribution in [-0.2, 0) is 16.3 Å². The maximum atomic E-state index is 11.3. The fraction of sp³-hybridized carbons (Fsp3) is 0.667. The maximum absolute atomic E-state index is 11.3. The first-order chi connectivity index (χ1) is 7.02. The molecule has 1 unspecified atom stereocenters. The summed E-state index contributed by atoms with van der Waals surface area (Å²) in [6, 6.07) is -0.421. The van der Waals surface area contributed by atoms with Crippen LogP contribution in [0.15, 0.2) is 12.4 Å². The van der Waals surface area contributed by atoms with Crippen molar-refractivity contribution < 1.29 is 13.5 Å². The van der Waals surface area contributed by atoms with E-state index in [0.29, 0.717) is 0 Å². The van der Waals surface area contributed by atoms with Crippen LogP contribution in [0.5, 0.6) is 0 Å². The van der Waals surface area contributed by atoms with Crippen LogP contribution in [0, 0.1) is 0 Å². The van der Waals surface area contributed by atoms with Gasteiger partial charge in [0.2, 0.25) is 0 Å². The normalized spacial score (nSPS) is 29.5. The topological polar surface area (TPSA) is 72.2 Å².